The first-order chi connectivity index (χ1) is 9.09. The maximum Gasteiger partial charge on any atom is 0.245 e. The van der Waals surface area contributed by atoms with Crippen LogP contribution < -0.4 is 5.73 Å². The molecule has 19 heavy (non-hydrogen) atoms. The maximum absolute atomic E-state index is 12.6. The summed E-state index contributed by atoms with van der Waals surface area (Å²) in [5.74, 6) is 0. The average molecular weight is 280 g/mol. The van der Waals surface area contributed by atoms with Crippen LogP contribution in [0.4, 0.5) is 0 Å². The normalized spacial score (nSPS) is 21.8. The Labute approximate surface area is 111 Å². The van der Waals surface area contributed by atoms with Gasteiger partial charge in [-0.2, -0.15) is 4.31 Å². The second-order valence-corrected chi connectivity index (χ2v) is 6.72. The summed E-state index contributed by atoms with van der Waals surface area (Å²) in [6.45, 7) is 0.915. The molecule has 0 saturated carbocycles. The Balaban J connectivity index is 2.04. The van der Waals surface area contributed by atoms with Gasteiger partial charge in [-0.25, -0.2) is 13.4 Å². The van der Waals surface area contributed by atoms with Crippen molar-refractivity contribution in [2.24, 2.45) is 5.73 Å². The molecule has 0 spiro atoms. The Morgan fingerprint density at radius 2 is 2.32 bits per heavy atom. The molecule has 1 atom stereocenters. The minimum absolute atomic E-state index is 0.0770. The third-order valence-electron chi connectivity index (χ3n) is 3.45. The predicted octanol–water partition coefficient (Wildman–Crippen LogP) is 0.675. The highest BCUT2D eigenvalue weighted by Crippen LogP contribution is 2.26. The van der Waals surface area contributed by atoms with E-state index in [2.05, 4.69) is 9.97 Å². The van der Waals surface area contributed by atoms with Crippen LogP contribution in [0.2, 0.25) is 0 Å². The van der Waals surface area contributed by atoms with Gasteiger partial charge < -0.3 is 10.7 Å². The maximum atomic E-state index is 12.6. The number of aromatic amines is 1. The molecular weight excluding hydrogens is 264 g/mol. The fraction of sp³-hybridized carbons (Fsp3) is 0.417. The van der Waals surface area contributed by atoms with Crippen molar-refractivity contribution in [3.63, 3.8) is 0 Å². The summed E-state index contributed by atoms with van der Waals surface area (Å²) in [6, 6.07) is 3.42. The Morgan fingerprint density at radius 3 is 3.11 bits per heavy atom. The zero-order valence-corrected chi connectivity index (χ0v) is 11.2. The first kappa shape index (κ1) is 12.6. The molecule has 3 N–H and O–H groups in total. The van der Waals surface area contributed by atoms with E-state index in [-0.39, 0.29) is 10.9 Å². The number of aromatic nitrogens is 2. The van der Waals surface area contributed by atoms with Gasteiger partial charge in [0.1, 0.15) is 10.5 Å². The number of nitrogens with zero attached hydrogens (tertiary/aromatic N) is 2. The summed E-state index contributed by atoms with van der Waals surface area (Å²) < 4.78 is 26.7. The number of hydrogen-bond donors (Lipinski definition) is 2. The van der Waals surface area contributed by atoms with Crippen molar-refractivity contribution in [3.05, 3.63) is 24.5 Å². The highest BCUT2D eigenvalue weighted by atomic mass is 32.2. The van der Waals surface area contributed by atoms with Crippen LogP contribution in [0.1, 0.15) is 12.8 Å². The van der Waals surface area contributed by atoms with Gasteiger partial charge in [0.05, 0.1) is 0 Å². The number of sulfonamides is 1. The van der Waals surface area contributed by atoms with Crippen molar-refractivity contribution >= 4 is 21.1 Å². The highest BCUT2D eigenvalue weighted by molar-refractivity contribution is 7.89. The Bertz CT molecular complexity index is 695. The summed E-state index contributed by atoms with van der Waals surface area (Å²) in [5.41, 5.74) is 6.45. The van der Waals surface area contributed by atoms with Gasteiger partial charge in [-0.1, -0.05) is 0 Å². The summed E-state index contributed by atoms with van der Waals surface area (Å²) in [4.78, 5) is 7.29. The van der Waals surface area contributed by atoms with Gasteiger partial charge in [0.15, 0.2) is 0 Å². The monoisotopic (exact) mass is 280 g/mol. The SMILES string of the molecule is NC1CCCN(S(=O)(=O)c2c[nH]c3ncccc23)C1. The van der Waals surface area contributed by atoms with Crippen molar-refractivity contribution in [3.8, 4) is 0 Å². The average Bonchev–Trinajstić information content (AvgIpc) is 2.83. The zero-order chi connectivity index (χ0) is 13.5. The molecule has 0 amide bonds. The summed E-state index contributed by atoms with van der Waals surface area (Å²) in [6.07, 6.45) is 4.82. The fourth-order valence-electron chi connectivity index (χ4n) is 2.48. The molecule has 7 heteroatoms. The minimum Gasteiger partial charge on any atom is -0.345 e. The first-order valence-electron chi connectivity index (χ1n) is 6.27. The van der Waals surface area contributed by atoms with E-state index in [1.807, 2.05) is 0 Å². The second-order valence-electron chi connectivity index (χ2n) is 4.82. The van der Waals surface area contributed by atoms with Crippen molar-refractivity contribution in [2.45, 2.75) is 23.8 Å². The van der Waals surface area contributed by atoms with Gasteiger partial charge in [0, 0.05) is 36.9 Å². The minimum atomic E-state index is -3.50. The lowest BCUT2D eigenvalue weighted by atomic mass is 10.1. The van der Waals surface area contributed by atoms with Crippen LogP contribution in [0.3, 0.4) is 0 Å². The van der Waals surface area contributed by atoms with E-state index in [0.717, 1.165) is 12.8 Å². The number of H-pyrrole nitrogens is 1. The Kier molecular flexibility index (Phi) is 3.04. The number of nitrogens with two attached hydrogens (primary N) is 1. The Hall–Kier alpha value is -1.44. The third-order valence-corrected chi connectivity index (χ3v) is 5.36. The second kappa shape index (κ2) is 4.59. The van der Waals surface area contributed by atoms with Crippen LogP contribution in [0.25, 0.3) is 11.0 Å². The van der Waals surface area contributed by atoms with Crippen LogP contribution in [0.5, 0.6) is 0 Å². The van der Waals surface area contributed by atoms with Crippen molar-refractivity contribution in [2.75, 3.05) is 13.1 Å². The van der Waals surface area contributed by atoms with Crippen LogP contribution in [0, 0.1) is 0 Å². The number of pyridine rings is 1. The van der Waals surface area contributed by atoms with Gasteiger partial charge >= 0.3 is 0 Å². The summed E-state index contributed by atoms with van der Waals surface area (Å²) in [5, 5.41) is 0.627. The van der Waals surface area contributed by atoms with Gasteiger partial charge in [-0.05, 0) is 25.0 Å². The molecule has 2 aromatic rings. The molecule has 0 aliphatic carbocycles. The molecule has 1 aliphatic rings. The molecule has 102 valence electrons. The molecule has 1 aliphatic heterocycles. The van der Waals surface area contributed by atoms with E-state index in [1.165, 1.54) is 10.5 Å². The van der Waals surface area contributed by atoms with E-state index in [1.54, 1.807) is 18.3 Å². The number of piperidine rings is 1. The largest absolute Gasteiger partial charge is 0.345 e. The topological polar surface area (TPSA) is 92.1 Å². The molecule has 3 heterocycles. The predicted molar refractivity (Wildman–Crippen MR) is 72.1 cm³/mol. The van der Waals surface area contributed by atoms with Crippen LogP contribution in [-0.2, 0) is 10.0 Å². The number of fused-ring (bicyclic) bond motifs is 1. The van der Waals surface area contributed by atoms with Gasteiger partial charge in [0.2, 0.25) is 10.0 Å². The van der Waals surface area contributed by atoms with Crippen LogP contribution in [-0.4, -0.2) is 41.8 Å². The third kappa shape index (κ3) is 2.13. The van der Waals surface area contributed by atoms with E-state index >= 15 is 0 Å². The van der Waals surface area contributed by atoms with Gasteiger partial charge in [-0.15, -0.1) is 0 Å². The number of hydrogen-bond acceptors (Lipinski definition) is 4. The standard InChI is InChI=1S/C12H16N4O2S/c13-9-3-2-6-16(8-9)19(17,18)11-7-15-12-10(11)4-1-5-14-12/h1,4-5,7,9H,2-3,6,8,13H2,(H,14,15). The lowest BCUT2D eigenvalue weighted by Gasteiger charge is -2.29. The molecule has 2 aromatic heterocycles. The molecule has 6 nitrogen and oxygen atoms in total. The van der Waals surface area contributed by atoms with Gasteiger partial charge in [-0.3, -0.25) is 0 Å². The zero-order valence-electron chi connectivity index (χ0n) is 10.4. The van der Waals surface area contributed by atoms with Crippen LogP contribution in [0.15, 0.2) is 29.4 Å². The smallest absolute Gasteiger partial charge is 0.245 e. The van der Waals surface area contributed by atoms with Crippen LogP contribution >= 0.6 is 0 Å². The molecule has 0 bridgehead atoms. The number of rotatable bonds is 2. The van der Waals surface area contributed by atoms with Crippen molar-refractivity contribution in [1.82, 2.24) is 14.3 Å². The first-order valence-corrected chi connectivity index (χ1v) is 7.71. The molecule has 0 aromatic carbocycles. The van der Waals surface area contributed by atoms with Crippen molar-refractivity contribution in [1.29, 1.82) is 0 Å². The molecule has 0 radical (unpaired) electrons. The molecule has 1 fully saturated rings. The lowest BCUT2D eigenvalue weighted by Crippen LogP contribution is -2.45. The summed E-state index contributed by atoms with van der Waals surface area (Å²) >= 11 is 0. The quantitative estimate of drug-likeness (QED) is 0.846. The lowest BCUT2D eigenvalue weighted by molar-refractivity contribution is 0.316. The Morgan fingerprint density at radius 1 is 1.47 bits per heavy atom. The number of nitrogens with one attached hydrogen (secondary N) is 1. The summed E-state index contributed by atoms with van der Waals surface area (Å²) in [7, 11) is -3.50. The van der Waals surface area contributed by atoms with E-state index in [4.69, 9.17) is 5.73 Å². The van der Waals surface area contributed by atoms with Crippen molar-refractivity contribution < 1.29 is 8.42 Å². The fourth-order valence-corrected chi connectivity index (χ4v) is 4.16. The highest BCUT2D eigenvalue weighted by Gasteiger charge is 2.30. The van der Waals surface area contributed by atoms with Gasteiger partial charge in [0.25, 0.3) is 0 Å². The van der Waals surface area contributed by atoms with E-state index in [9.17, 15) is 8.42 Å². The molecule has 1 unspecified atom stereocenters. The molecular formula is C12H16N4O2S. The molecule has 1 saturated heterocycles. The van der Waals surface area contributed by atoms with E-state index < -0.39 is 10.0 Å². The molecule has 3 rings (SSSR count). The van der Waals surface area contributed by atoms with E-state index in [0.29, 0.717) is 24.1 Å².